The second-order valence-corrected chi connectivity index (χ2v) is 5.44. The van der Waals surface area contributed by atoms with E-state index in [2.05, 4.69) is 15.4 Å². The van der Waals surface area contributed by atoms with Gasteiger partial charge in [-0.25, -0.2) is 9.67 Å². The maximum atomic E-state index is 12.4. The van der Waals surface area contributed by atoms with Crippen LogP contribution in [-0.2, 0) is 22.7 Å². The van der Waals surface area contributed by atoms with Crippen LogP contribution in [0.5, 0.6) is 0 Å². The summed E-state index contributed by atoms with van der Waals surface area (Å²) in [5, 5.41) is 6.84. The second-order valence-electron chi connectivity index (χ2n) is 5.44. The molecule has 2 amide bonds. The molecule has 0 radical (unpaired) electrons. The Morgan fingerprint density at radius 3 is 2.85 bits per heavy atom. The molecule has 1 aliphatic heterocycles. The molecule has 1 aromatic rings. The van der Waals surface area contributed by atoms with Crippen LogP contribution < -0.4 is 5.32 Å². The van der Waals surface area contributed by atoms with Gasteiger partial charge in [-0.15, -0.1) is 0 Å². The van der Waals surface area contributed by atoms with E-state index in [4.69, 9.17) is 0 Å². The van der Waals surface area contributed by atoms with Gasteiger partial charge in [0.15, 0.2) is 0 Å². The minimum absolute atomic E-state index is 0.0380. The normalized spacial score (nSPS) is 19.6. The first-order valence-electron chi connectivity index (χ1n) is 6.96. The standard InChI is InChI=1S/C13H21N5O2/c1-4-18-11(14-8-15-18)6-17-7-12(19)16-10(13(17)20)5-9(2)3/h8-10H,4-7H2,1-3H3,(H,16,19). The summed E-state index contributed by atoms with van der Waals surface area (Å²) in [6.45, 7) is 7.14. The number of aromatic nitrogens is 3. The molecule has 2 heterocycles. The lowest BCUT2D eigenvalue weighted by Crippen LogP contribution is -2.58. The minimum Gasteiger partial charge on any atom is -0.343 e. The summed E-state index contributed by atoms with van der Waals surface area (Å²) in [6, 6.07) is -0.422. The Morgan fingerprint density at radius 2 is 2.20 bits per heavy atom. The van der Waals surface area contributed by atoms with E-state index in [1.165, 1.54) is 6.33 Å². The van der Waals surface area contributed by atoms with Gasteiger partial charge in [-0.3, -0.25) is 9.59 Å². The van der Waals surface area contributed by atoms with Gasteiger partial charge < -0.3 is 10.2 Å². The molecule has 1 N–H and O–H groups in total. The van der Waals surface area contributed by atoms with Gasteiger partial charge >= 0.3 is 0 Å². The molecule has 2 rings (SSSR count). The Hall–Kier alpha value is -1.92. The molecular formula is C13H21N5O2. The highest BCUT2D eigenvalue weighted by Gasteiger charge is 2.33. The first-order chi connectivity index (χ1) is 9.51. The summed E-state index contributed by atoms with van der Waals surface area (Å²) in [4.78, 5) is 29.8. The molecule has 0 aliphatic carbocycles. The van der Waals surface area contributed by atoms with Crippen molar-refractivity contribution >= 4 is 11.8 Å². The average Bonchev–Trinajstić information content (AvgIpc) is 2.81. The summed E-state index contributed by atoms with van der Waals surface area (Å²) in [5.74, 6) is 0.907. The van der Waals surface area contributed by atoms with E-state index in [-0.39, 0.29) is 18.4 Å². The van der Waals surface area contributed by atoms with Gasteiger partial charge in [-0.2, -0.15) is 5.10 Å². The van der Waals surface area contributed by atoms with Crippen molar-refractivity contribution in [1.29, 1.82) is 0 Å². The lowest BCUT2D eigenvalue weighted by atomic mass is 10.0. The molecule has 1 aromatic heterocycles. The number of aryl methyl sites for hydroxylation is 1. The van der Waals surface area contributed by atoms with Gasteiger partial charge in [0.05, 0.1) is 6.54 Å². The van der Waals surface area contributed by atoms with Crippen molar-refractivity contribution in [1.82, 2.24) is 25.0 Å². The second kappa shape index (κ2) is 6.02. The van der Waals surface area contributed by atoms with Crippen molar-refractivity contribution in [3.63, 3.8) is 0 Å². The average molecular weight is 279 g/mol. The van der Waals surface area contributed by atoms with Crippen LogP contribution in [0.3, 0.4) is 0 Å². The molecule has 20 heavy (non-hydrogen) atoms. The van der Waals surface area contributed by atoms with Crippen molar-refractivity contribution in [3.05, 3.63) is 12.2 Å². The molecule has 1 fully saturated rings. The maximum Gasteiger partial charge on any atom is 0.246 e. The molecule has 1 saturated heterocycles. The Bertz CT molecular complexity index is 497. The Kier molecular flexibility index (Phi) is 4.36. The summed E-state index contributed by atoms with van der Waals surface area (Å²) in [6.07, 6.45) is 2.13. The molecule has 0 spiro atoms. The van der Waals surface area contributed by atoms with Crippen LogP contribution in [-0.4, -0.2) is 44.1 Å². The van der Waals surface area contributed by atoms with Gasteiger partial charge in [0.2, 0.25) is 11.8 Å². The predicted octanol–water partition coefficient (Wildman–Crippen LogP) is 0.171. The number of hydrogen-bond acceptors (Lipinski definition) is 4. The van der Waals surface area contributed by atoms with Crippen LogP contribution in [0, 0.1) is 5.92 Å². The van der Waals surface area contributed by atoms with Crippen LogP contribution in [0.15, 0.2) is 6.33 Å². The third-order valence-electron chi connectivity index (χ3n) is 3.31. The van der Waals surface area contributed by atoms with E-state index in [0.29, 0.717) is 31.3 Å². The van der Waals surface area contributed by atoms with E-state index in [1.807, 2.05) is 20.8 Å². The molecule has 7 nitrogen and oxygen atoms in total. The van der Waals surface area contributed by atoms with E-state index < -0.39 is 6.04 Å². The van der Waals surface area contributed by atoms with Crippen LogP contribution in [0.2, 0.25) is 0 Å². The van der Waals surface area contributed by atoms with E-state index in [0.717, 1.165) is 0 Å². The highest BCUT2D eigenvalue weighted by molar-refractivity contribution is 5.94. The molecule has 0 bridgehead atoms. The predicted molar refractivity (Wildman–Crippen MR) is 72.5 cm³/mol. The Labute approximate surface area is 118 Å². The monoisotopic (exact) mass is 279 g/mol. The summed E-state index contributed by atoms with van der Waals surface area (Å²) >= 11 is 0. The minimum atomic E-state index is -0.422. The van der Waals surface area contributed by atoms with Crippen molar-refractivity contribution in [2.45, 2.75) is 46.3 Å². The fraction of sp³-hybridized carbons (Fsp3) is 0.692. The van der Waals surface area contributed by atoms with Crippen LogP contribution >= 0.6 is 0 Å². The molecular weight excluding hydrogens is 258 g/mol. The Balaban J connectivity index is 2.10. The van der Waals surface area contributed by atoms with Gasteiger partial charge in [-0.05, 0) is 19.3 Å². The first kappa shape index (κ1) is 14.5. The largest absolute Gasteiger partial charge is 0.343 e. The summed E-state index contributed by atoms with van der Waals surface area (Å²) in [5.41, 5.74) is 0. The molecule has 1 aliphatic rings. The number of nitrogens with one attached hydrogen (secondary N) is 1. The summed E-state index contributed by atoms with van der Waals surface area (Å²) in [7, 11) is 0. The van der Waals surface area contributed by atoms with Crippen molar-refractivity contribution in [2.24, 2.45) is 5.92 Å². The van der Waals surface area contributed by atoms with Gasteiger partial charge in [-0.1, -0.05) is 13.8 Å². The third kappa shape index (κ3) is 3.15. The van der Waals surface area contributed by atoms with Gasteiger partial charge in [0, 0.05) is 6.54 Å². The lowest BCUT2D eigenvalue weighted by molar-refractivity contribution is -0.145. The smallest absolute Gasteiger partial charge is 0.246 e. The number of carbonyl (C=O) groups is 2. The fourth-order valence-corrected chi connectivity index (χ4v) is 2.38. The molecule has 0 saturated carbocycles. The number of nitrogens with zero attached hydrogens (tertiary/aromatic N) is 4. The van der Waals surface area contributed by atoms with E-state index in [1.54, 1.807) is 9.58 Å². The molecule has 1 atom stereocenters. The zero-order valence-electron chi connectivity index (χ0n) is 12.2. The number of amides is 2. The van der Waals surface area contributed by atoms with Crippen molar-refractivity contribution in [3.8, 4) is 0 Å². The first-order valence-corrected chi connectivity index (χ1v) is 6.96. The Morgan fingerprint density at radius 1 is 1.45 bits per heavy atom. The third-order valence-corrected chi connectivity index (χ3v) is 3.31. The number of hydrogen-bond donors (Lipinski definition) is 1. The number of piperazine rings is 1. The quantitative estimate of drug-likeness (QED) is 0.833. The number of rotatable bonds is 5. The van der Waals surface area contributed by atoms with Crippen LogP contribution in [0.25, 0.3) is 0 Å². The van der Waals surface area contributed by atoms with Crippen molar-refractivity contribution in [2.75, 3.05) is 6.54 Å². The summed E-state index contributed by atoms with van der Waals surface area (Å²) < 4.78 is 1.73. The van der Waals surface area contributed by atoms with Gasteiger partial charge in [0.1, 0.15) is 24.7 Å². The lowest BCUT2D eigenvalue weighted by Gasteiger charge is -2.33. The van der Waals surface area contributed by atoms with E-state index >= 15 is 0 Å². The molecule has 110 valence electrons. The van der Waals surface area contributed by atoms with Crippen LogP contribution in [0.1, 0.15) is 33.0 Å². The SMILES string of the molecule is CCn1ncnc1CN1CC(=O)NC(CC(C)C)C1=O. The maximum absolute atomic E-state index is 12.4. The fourth-order valence-electron chi connectivity index (χ4n) is 2.38. The van der Waals surface area contributed by atoms with E-state index in [9.17, 15) is 9.59 Å². The highest BCUT2D eigenvalue weighted by Crippen LogP contribution is 2.13. The topological polar surface area (TPSA) is 80.1 Å². The molecule has 7 heteroatoms. The van der Waals surface area contributed by atoms with Crippen molar-refractivity contribution < 1.29 is 9.59 Å². The van der Waals surface area contributed by atoms with Gasteiger partial charge in [0.25, 0.3) is 0 Å². The van der Waals surface area contributed by atoms with Crippen LogP contribution in [0.4, 0.5) is 0 Å². The number of carbonyl (C=O) groups excluding carboxylic acids is 2. The zero-order valence-corrected chi connectivity index (χ0v) is 12.2. The zero-order chi connectivity index (χ0) is 14.7. The molecule has 1 unspecified atom stereocenters. The molecule has 0 aromatic carbocycles. The highest BCUT2D eigenvalue weighted by atomic mass is 16.2.